The third-order valence-corrected chi connectivity index (χ3v) is 1.49. The molecule has 4 heteroatoms. The summed E-state index contributed by atoms with van der Waals surface area (Å²) in [6.45, 7) is 0. The first-order chi connectivity index (χ1) is 3.15. The molecule has 8 heavy (non-hydrogen) atoms. The van der Waals surface area contributed by atoms with Crippen molar-refractivity contribution in [1.82, 2.24) is 0 Å². The third-order valence-electron chi connectivity index (χ3n) is 1.49. The van der Waals surface area contributed by atoms with Crippen molar-refractivity contribution in [3.63, 3.8) is 0 Å². The van der Waals surface area contributed by atoms with Crippen LogP contribution in [0.2, 0.25) is 4.09 Å². The van der Waals surface area contributed by atoms with Gasteiger partial charge in [0.1, 0.15) is 0 Å². The molecule has 1 fully saturated rings. The molecule has 0 atom stereocenters. The zero-order valence-corrected chi connectivity index (χ0v) is 5.23. The maximum atomic E-state index is 9.97. The van der Waals surface area contributed by atoms with E-state index in [4.69, 9.17) is 0 Å². The molecule has 2 nitrogen and oxygen atoms in total. The Kier molecular flexibility index (Phi) is 2.71. The summed E-state index contributed by atoms with van der Waals surface area (Å²) in [6, 6.07) is 0. The molecule has 0 aliphatic heterocycles. The van der Waals surface area contributed by atoms with E-state index < -0.39 is 10.1 Å². The predicted molar refractivity (Wildman–Crippen MR) is 22.7 cm³/mol. The molecule has 0 heterocycles. The van der Waals surface area contributed by atoms with Crippen molar-refractivity contribution in [2.75, 3.05) is 0 Å². The Bertz CT molecular complexity index is 109. The predicted octanol–water partition coefficient (Wildman–Crippen LogP) is -4.14. The van der Waals surface area contributed by atoms with Gasteiger partial charge < -0.3 is 0 Å². The van der Waals surface area contributed by atoms with E-state index in [-0.39, 0.29) is 18.9 Å². The number of carboxylic acid groups (broad SMARTS) is 1. The molecule has 0 spiro atoms. The van der Waals surface area contributed by atoms with Crippen LogP contribution in [-0.4, -0.2) is 23.7 Å². The van der Waals surface area contributed by atoms with E-state index in [9.17, 15) is 9.90 Å². The van der Waals surface area contributed by atoms with Crippen molar-refractivity contribution in [3.8, 4) is 0 Å². The Morgan fingerprint density at radius 1 is 1.62 bits per heavy atom. The van der Waals surface area contributed by atoms with E-state index in [0.29, 0.717) is 0 Å². The molecular formula is C4H4Li2O2. The summed E-state index contributed by atoms with van der Waals surface area (Å²) < 4.78 is -0.444. The number of carboxylic acids is 1. The van der Waals surface area contributed by atoms with Crippen LogP contribution in [-0.2, 0) is 4.79 Å². The van der Waals surface area contributed by atoms with E-state index in [1.54, 1.807) is 17.7 Å². The minimum atomic E-state index is -0.896. The molecular weight excluding hydrogens is 93.9 g/mol. The van der Waals surface area contributed by atoms with Gasteiger partial charge in [-0.1, -0.05) is 0 Å². The van der Waals surface area contributed by atoms with Crippen LogP contribution in [0.15, 0.2) is 0 Å². The number of hydrogen-bond donors (Lipinski definition) is 0. The van der Waals surface area contributed by atoms with Crippen molar-refractivity contribution in [2.24, 2.45) is 0 Å². The fraction of sp³-hybridized carbons (Fsp3) is 0.750. The minimum absolute atomic E-state index is 0. The Morgan fingerprint density at radius 2 is 2.00 bits per heavy atom. The number of carbonyl (C=O) groups excluding carboxylic acids is 1. The fourth-order valence-electron chi connectivity index (χ4n) is 0.392. The van der Waals surface area contributed by atoms with Gasteiger partial charge >= 0.3 is 69.4 Å². The molecule has 0 aromatic rings. The average Bonchev–Trinajstić information content (AvgIpc) is 2.21. The normalized spacial score (nSPS) is 21.2. The summed E-state index contributed by atoms with van der Waals surface area (Å²) in [5.74, 6) is -0.896. The molecule has 1 saturated carbocycles. The van der Waals surface area contributed by atoms with Crippen LogP contribution >= 0.6 is 0 Å². The van der Waals surface area contributed by atoms with Crippen molar-refractivity contribution in [2.45, 2.75) is 16.9 Å². The first-order valence-electron chi connectivity index (χ1n) is 2.37. The zero-order chi connectivity index (χ0) is 5.49. The van der Waals surface area contributed by atoms with Crippen LogP contribution in [0.5, 0.6) is 0 Å². The van der Waals surface area contributed by atoms with Gasteiger partial charge in [0.05, 0.1) is 0 Å². The monoisotopic (exact) mass is 98.1 g/mol. The van der Waals surface area contributed by atoms with Crippen molar-refractivity contribution in [1.29, 1.82) is 0 Å². The average molecular weight is 98.0 g/mol. The molecule has 0 radical (unpaired) electrons. The first kappa shape index (κ1) is 8.66. The van der Waals surface area contributed by atoms with Gasteiger partial charge in [0.25, 0.3) is 0 Å². The molecule has 1 rings (SSSR count). The summed E-state index contributed by atoms with van der Waals surface area (Å²) in [5.41, 5.74) is 0. The zero-order valence-electron chi connectivity index (χ0n) is 5.23. The van der Waals surface area contributed by atoms with E-state index in [1.165, 1.54) is 0 Å². The second-order valence-electron chi connectivity index (χ2n) is 2.35. The van der Waals surface area contributed by atoms with E-state index in [1.807, 2.05) is 0 Å². The topological polar surface area (TPSA) is 40.1 Å². The fourth-order valence-corrected chi connectivity index (χ4v) is 0.392. The van der Waals surface area contributed by atoms with Gasteiger partial charge in [-0.05, 0) is 0 Å². The summed E-state index contributed by atoms with van der Waals surface area (Å²) in [4.78, 5) is 9.97. The number of hydrogen-bond acceptors (Lipinski definition) is 2. The van der Waals surface area contributed by atoms with Gasteiger partial charge in [0.2, 0.25) is 0 Å². The van der Waals surface area contributed by atoms with Gasteiger partial charge in [-0.2, -0.15) is 0 Å². The Morgan fingerprint density at radius 3 is 2.00 bits per heavy atom. The summed E-state index contributed by atoms with van der Waals surface area (Å²) in [5, 5.41) is 9.97. The standard InChI is InChI=1S/C4H5O2.2Li/c5-4(6)3-1-2-3;;/h1-2H2,(H,5,6);;/q;;+1/p-1. The molecule has 0 amide bonds. The molecule has 0 N–H and O–H groups in total. The number of rotatable bonds is 1. The quantitative estimate of drug-likeness (QED) is 0.312. The number of aliphatic carboxylic acids is 1. The van der Waals surface area contributed by atoms with Crippen molar-refractivity contribution < 1.29 is 28.8 Å². The van der Waals surface area contributed by atoms with Gasteiger partial charge in [-0.25, -0.2) is 0 Å². The number of carbonyl (C=O) groups is 1. The van der Waals surface area contributed by atoms with Crippen LogP contribution in [0.3, 0.4) is 0 Å². The van der Waals surface area contributed by atoms with Gasteiger partial charge in [-0.3, -0.25) is 0 Å². The molecule has 0 unspecified atom stereocenters. The van der Waals surface area contributed by atoms with Crippen LogP contribution in [0.4, 0.5) is 0 Å². The molecule has 34 valence electrons. The molecule has 0 bridgehead atoms. The summed E-state index contributed by atoms with van der Waals surface area (Å²) in [6.07, 6.45) is 1.60. The van der Waals surface area contributed by atoms with E-state index in [0.717, 1.165) is 12.8 Å². The Balaban J connectivity index is 0.000000490. The van der Waals surface area contributed by atoms with Crippen molar-refractivity contribution in [3.05, 3.63) is 0 Å². The van der Waals surface area contributed by atoms with Gasteiger partial charge in [-0.15, -0.1) is 0 Å². The van der Waals surface area contributed by atoms with Crippen LogP contribution in [0.1, 0.15) is 12.8 Å². The Labute approximate surface area is 69.4 Å². The second-order valence-corrected chi connectivity index (χ2v) is 2.35. The first-order valence-corrected chi connectivity index (χ1v) is 2.37. The molecule has 0 aromatic heterocycles. The van der Waals surface area contributed by atoms with Crippen molar-refractivity contribution >= 4 is 23.7 Å². The van der Waals surface area contributed by atoms with E-state index >= 15 is 0 Å². The second kappa shape index (κ2) is 2.50. The van der Waals surface area contributed by atoms with Gasteiger partial charge in [0, 0.05) is 0 Å². The van der Waals surface area contributed by atoms with Crippen LogP contribution in [0.25, 0.3) is 0 Å². The van der Waals surface area contributed by atoms with E-state index in [2.05, 4.69) is 0 Å². The Hall–Kier alpha value is 0.665. The molecule has 1 aliphatic rings. The molecule has 1 aliphatic carbocycles. The third kappa shape index (κ3) is 1.57. The molecule has 0 aromatic carbocycles. The molecule has 0 saturated heterocycles. The maximum absolute atomic E-state index is 9.97. The van der Waals surface area contributed by atoms with Crippen LogP contribution < -0.4 is 24.0 Å². The summed E-state index contributed by atoms with van der Waals surface area (Å²) in [7, 11) is 0. The summed E-state index contributed by atoms with van der Waals surface area (Å²) >= 11 is 1.71. The van der Waals surface area contributed by atoms with Gasteiger partial charge in [0.15, 0.2) is 0 Å². The van der Waals surface area contributed by atoms with Crippen LogP contribution in [0, 0.1) is 0 Å². The SMILES string of the molecule is [Li+].[Li][C]1(C(=O)[O-])CC1.